The molecule has 4 heterocycles. The van der Waals surface area contributed by atoms with Gasteiger partial charge in [0.2, 0.25) is 11.9 Å². The van der Waals surface area contributed by atoms with E-state index in [2.05, 4.69) is 20.6 Å². The Bertz CT molecular complexity index is 2790. The number of carbonyl (C=O) groups excluding carboxylic acids is 4. The van der Waals surface area contributed by atoms with Crippen molar-refractivity contribution in [1.29, 1.82) is 0 Å². The summed E-state index contributed by atoms with van der Waals surface area (Å²) in [4.78, 5) is 77.8. The number of benzene rings is 4. The molecular weight excluding hydrogens is 961 g/mol. The molecule has 74 heavy (non-hydrogen) atoms. The van der Waals surface area contributed by atoms with E-state index in [1.165, 1.54) is 0 Å². The number of piperazine rings is 2. The van der Waals surface area contributed by atoms with Crippen LogP contribution in [-0.2, 0) is 18.9 Å². The highest BCUT2D eigenvalue weighted by Crippen LogP contribution is 2.36. The predicted molar refractivity (Wildman–Crippen MR) is 275 cm³/mol. The van der Waals surface area contributed by atoms with Crippen LogP contribution in [0.25, 0.3) is 21.8 Å². The number of nitrogens with two attached hydrogens (primary N) is 2. The molecule has 2 fully saturated rings. The number of fused-ring (bicyclic) bond motifs is 2. The third-order valence-corrected chi connectivity index (χ3v) is 12.1. The fourth-order valence-corrected chi connectivity index (χ4v) is 8.28. The second kappa shape index (κ2) is 24.2. The molecule has 0 saturated carbocycles. The van der Waals surface area contributed by atoms with Gasteiger partial charge in [0.1, 0.15) is 24.8 Å². The van der Waals surface area contributed by atoms with E-state index in [1.54, 1.807) is 111 Å². The Morgan fingerprint density at radius 1 is 0.486 bits per heavy atom. The molecule has 6 N–H and O–H groups in total. The molecule has 0 aliphatic carbocycles. The minimum Gasteiger partial charge on any atom is -0.493 e. The third-order valence-electron chi connectivity index (χ3n) is 12.1. The van der Waals surface area contributed by atoms with Crippen LogP contribution < -0.4 is 50.8 Å². The number of amides is 4. The van der Waals surface area contributed by atoms with Crippen molar-refractivity contribution < 1.29 is 57.1 Å². The number of methoxy groups -OCH3 is 4. The van der Waals surface area contributed by atoms with Crippen molar-refractivity contribution in [3.8, 4) is 23.0 Å². The van der Waals surface area contributed by atoms with Crippen LogP contribution >= 0.6 is 0 Å². The lowest BCUT2D eigenvalue weighted by atomic mass is 10.1. The molecule has 0 atom stereocenters. The van der Waals surface area contributed by atoms with Crippen LogP contribution in [0.3, 0.4) is 0 Å². The Balaban J connectivity index is 0.675. The van der Waals surface area contributed by atoms with Crippen LogP contribution in [0.2, 0.25) is 0 Å². The van der Waals surface area contributed by atoms with Crippen LogP contribution in [0.4, 0.5) is 44.5 Å². The van der Waals surface area contributed by atoms with Crippen molar-refractivity contribution in [3.05, 3.63) is 83.9 Å². The van der Waals surface area contributed by atoms with Gasteiger partial charge in [0.25, 0.3) is 11.8 Å². The predicted octanol–water partition coefficient (Wildman–Crippen LogP) is 4.53. The molecule has 0 bridgehead atoms. The maximum atomic E-state index is 13.5. The number of aromatic nitrogens is 4. The Labute approximate surface area is 425 Å². The molecule has 2 saturated heterocycles. The summed E-state index contributed by atoms with van der Waals surface area (Å²) in [6, 6.07) is 20.2. The van der Waals surface area contributed by atoms with Gasteiger partial charge in [0, 0.05) is 97.8 Å². The van der Waals surface area contributed by atoms with Gasteiger partial charge in [0.05, 0.1) is 65.9 Å². The van der Waals surface area contributed by atoms with Crippen molar-refractivity contribution in [1.82, 2.24) is 29.7 Å². The molecule has 24 heteroatoms. The lowest BCUT2D eigenvalue weighted by Crippen LogP contribution is -2.49. The van der Waals surface area contributed by atoms with E-state index in [0.29, 0.717) is 143 Å². The van der Waals surface area contributed by atoms with Gasteiger partial charge in [-0.1, -0.05) is 12.1 Å². The van der Waals surface area contributed by atoms with Gasteiger partial charge < -0.3 is 69.0 Å². The normalized spacial score (nSPS) is 13.6. The van der Waals surface area contributed by atoms with Gasteiger partial charge >= 0.3 is 12.2 Å². The quantitative estimate of drug-likeness (QED) is 0.0811. The van der Waals surface area contributed by atoms with Gasteiger partial charge in [-0.25, -0.2) is 19.6 Å². The zero-order valence-electron chi connectivity index (χ0n) is 41.5. The van der Waals surface area contributed by atoms with Crippen molar-refractivity contribution in [2.75, 3.05) is 152 Å². The first kappa shape index (κ1) is 51.7. The molecular formula is C50H58N12O12. The summed E-state index contributed by atoms with van der Waals surface area (Å²) >= 11 is 0. The number of rotatable bonds is 19. The summed E-state index contributed by atoms with van der Waals surface area (Å²) in [6.07, 6.45) is -1.41. The lowest BCUT2D eigenvalue weighted by molar-refractivity contribution is 0.0179. The van der Waals surface area contributed by atoms with Gasteiger partial charge in [-0.2, -0.15) is 9.97 Å². The summed E-state index contributed by atoms with van der Waals surface area (Å²) in [5.74, 6) is 3.25. The van der Waals surface area contributed by atoms with E-state index in [9.17, 15) is 19.2 Å². The van der Waals surface area contributed by atoms with Crippen molar-refractivity contribution in [3.63, 3.8) is 0 Å². The average Bonchev–Trinajstić information content (AvgIpc) is 3.42. The maximum absolute atomic E-state index is 13.5. The molecule has 0 unspecified atom stereocenters. The van der Waals surface area contributed by atoms with E-state index in [-0.39, 0.29) is 51.5 Å². The van der Waals surface area contributed by atoms with E-state index in [0.717, 1.165) is 0 Å². The lowest BCUT2D eigenvalue weighted by Gasteiger charge is -2.35. The minimum absolute atomic E-state index is 0.0271. The first-order valence-corrected chi connectivity index (χ1v) is 23.6. The fourth-order valence-electron chi connectivity index (χ4n) is 8.28. The van der Waals surface area contributed by atoms with Gasteiger partial charge in [-0.05, 0) is 48.5 Å². The van der Waals surface area contributed by atoms with Crippen LogP contribution in [-0.4, -0.2) is 174 Å². The van der Waals surface area contributed by atoms with E-state index in [1.807, 2.05) is 9.80 Å². The first-order valence-electron chi connectivity index (χ1n) is 23.6. The minimum atomic E-state index is -0.707. The standard InChI is InChI=1S/C50H58N12O12/c1-67-39-27-35-37(29-41(39)69-3)55-47(57-43(35)51)61-15-11-59(12-16-61)45(63)31-7-5-9-33(25-31)53-49(65)73-23-21-71-19-20-72-22-24-74-50(66)54-34-10-6-8-32(26-34)46(64)60-13-17-62(18-14-60)48-56-38-30-42(70-4)40(68-2)28-36(38)44(52)58-48/h5-10,25-30H,11-24H2,1-4H3,(H,53,65)(H,54,66)(H2,51,55,57)(H2,52,56,58). The van der Waals surface area contributed by atoms with Crippen LogP contribution in [0, 0.1) is 0 Å². The fraction of sp³-hybridized carbons (Fsp3) is 0.360. The largest absolute Gasteiger partial charge is 0.493 e. The zero-order valence-corrected chi connectivity index (χ0v) is 41.5. The number of nitrogens with zero attached hydrogens (tertiary/aromatic N) is 8. The zero-order chi connectivity index (χ0) is 52.1. The Kier molecular flexibility index (Phi) is 16.9. The van der Waals surface area contributed by atoms with Crippen LogP contribution in [0.1, 0.15) is 20.7 Å². The monoisotopic (exact) mass is 1020 g/mol. The number of nitrogen functional groups attached to an aromatic ring is 2. The molecule has 4 amide bonds. The van der Waals surface area contributed by atoms with E-state index in [4.69, 9.17) is 59.3 Å². The Hall–Kier alpha value is -8.64. The Morgan fingerprint density at radius 2 is 0.851 bits per heavy atom. The molecule has 0 spiro atoms. The van der Waals surface area contributed by atoms with E-state index < -0.39 is 12.2 Å². The summed E-state index contributed by atoms with van der Waals surface area (Å²) in [7, 11) is 6.19. The van der Waals surface area contributed by atoms with Gasteiger partial charge in [-0.15, -0.1) is 0 Å². The number of anilines is 6. The highest BCUT2D eigenvalue weighted by atomic mass is 16.6. The number of ether oxygens (including phenoxy) is 8. The molecule has 2 aliphatic heterocycles. The summed E-state index contributed by atoms with van der Waals surface area (Å²) in [6.45, 7) is 4.19. The first-order chi connectivity index (χ1) is 35.9. The molecule has 24 nitrogen and oxygen atoms in total. The average molecular weight is 1020 g/mol. The second-order valence-corrected chi connectivity index (χ2v) is 16.7. The van der Waals surface area contributed by atoms with Gasteiger partial charge in [0.15, 0.2) is 23.0 Å². The number of nitrogens with one attached hydrogen (secondary N) is 2. The topological polar surface area (TPSA) is 283 Å². The second-order valence-electron chi connectivity index (χ2n) is 16.7. The molecule has 0 radical (unpaired) electrons. The van der Waals surface area contributed by atoms with Crippen molar-refractivity contribution in [2.45, 2.75) is 0 Å². The smallest absolute Gasteiger partial charge is 0.411 e. The highest BCUT2D eigenvalue weighted by Gasteiger charge is 2.27. The molecule has 2 aliphatic rings. The molecule has 8 rings (SSSR count). The van der Waals surface area contributed by atoms with Crippen LogP contribution in [0.5, 0.6) is 23.0 Å². The molecule has 6 aromatic rings. The third kappa shape index (κ3) is 12.5. The summed E-state index contributed by atoms with van der Waals surface area (Å²) < 4.78 is 43.1. The maximum Gasteiger partial charge on any atom is 0.411 e. The Morgan fingerprint density at radius 3 is 1.23 bits per heavy atom. The van der Waals surface area contributed by atoms with Crippen molar-refractivity contribution in [2.24, 2.45) is 0 Å². The number of hydrogen-bond acceptors (Lipinski definition) is 20. The SMILES string of the molecule is COc1cc2nc(N3CCN(C(=O)c4cccc(NC(=O)OCCOCCOCCOC(=O)Nc5cccc(C(=O)N6CCN(c7nc(N)c8cc(OC)c(OC)cc8n7)CC6)c5)c4)CC3)nc(N)c2cc1OC. The van der Waals surface area contributed by atoms with E-state index >= 15 is 0 Å². The summed E-state index contributed by atoms with van der Waals surface area (Å²) in [5.41, 5.74) is 15.4. The molecule has 390 valence electrons. The molecule has 4 aromatic carbocycles. The number of carbonyl (C=O) groups is 4. The van der Waals surface area contributed by atoms with Gasteiger partial charge in [-0.3, -0.25) is 20.2 Å². The summed E-state index contributed by atoms with van der Waals surface area (Å²) in [5, 5.41) is 6.59. The van der Waals surface area contributed by atoms with Crippen LogP contribution in [0.15, 0.2) is 72.8 Å². The van der Waals surface area contributed by atoms with Crippen molar-refractivity contribution >= 4 is 80.7 Å². The highest BCUT2D eigenvalue weighted by molar-refractivity contribution is 5.98. The molecule has 2 aromatic heterocycles. The number of hydrogen-bond donors (Lipinski definition) is 4.